The molecule has 0 bridgehead atoms. The number of benzene rings is 1. The van der Waals surface area contributed by atoms with Crippen LogP contribution in [0, 0.1) is 5.92 Å². The van der Waals surface area contributed by atoms with Crippen LogP contribution in [0.3, 0.4) is 0 Å². The molecule has 2 aliphatic rings. The molecule has 0 aliphatic carbocycles. The molecule has 3 rings (SSSR count). The van der Waals surface area contributed by atoms with E-state index in [1.165, 1.54) is 5.56 Å². The van der Waals surface area contributed by atoms with E-state index in [2.05, 4.69) is 36.5 Å². The highest BCUT2D eigenvalue weighted by Gasteiger charge is 2.42. The maximum Gasteiger partial charge on any atom is 0.317 e. The standard InChI is InChI=1S/C20H30N2O3/c1-16(17-7-4-3-5-8-17)10-11-21-19(23)22-12-6-9-18(15-22)20(2)24-13-14-25-20/h3-5,7-8,16,18H,6,9-15H2,1-2H3,(H,21,23). The monoisotopic (exact) mass is 346 g/mol. The summed E-state index contributed by atoms with van der Waals surface area (Å²) in [6.45, 7) is 7.72. The quantitative estimate of drug-likeness (QED) is 0.889. The average Bonchev–Trinajstić information content (AvgIpc) is 3.10. The zero-order valence-corrected chi connectivity index (χ0v) is 15.4. The van der Waals surface area contributed by atoms with E-state index in [1.54, 1.807) is 0 Å². The Labute approximate surface area is 150 Å². The van der Waals surface area contributed by atoms with E-state index < -0.39 is 5.79 Å². The van der Waals surface area contributed by atoms with Crippen molar-refractivity contribution < 1.29 is 14.3 Å². The first kappa shape index (κ1) is 18.2. The first-order valence-electron chi connectivity index (χ1n) is 9.44. The van der Waals surface area contributed by atoms with Gasteiger partial charge in [-0.15, -0.1) is 0 Å². The maximum absolute atomic E-state index is 12.5. The molecule has 1 aromatic carbocycles. The number of nitrogens with one attached hydrogen (secondary N) is 1. The number of carbonyl (C=O) groups is 1. The minimum atomic E-state index is -0.527. The third-order valence-electron chi connectivity index (χ3n) is 5.53. The summed E-state index contributed by atoms with van der Waals surface area (Å²) in [4.78, 5) is 14.4. The normalized spacial score (nSPS) is 24.1. The Morgan fingerprint density at radius 3 is 2.76 bits per heavy atom. The van der Waals surface area contributed by atoms with Crippen molar-refractivity contribution >= 4 is 6.03 Å². The van der Waals surface area contributed by atoms with Gasteiger partial charge in [-0.3, -0.25) is 0 Å². The number of likely N-dealkylation sites (tertiary alicyclic amines) is 1. The van der Waals surface area contributed by atoms with Crippen LogP contribution in [0.5, 0.6) is 0 Å². The van der Waals surface area contributed by atoms with Gasteiger partial charge >= 0.3 is 6.03 Å². The smallest absolute Gasteiger partial charge is 0.317 e. The Balaban J connectivity index is 1.45. The Hall–Kier alpha value is -1.59. The summed E-state index contributed by atoms with van der Waals surface area (Å²) in [5.74, 6) is 0.161. The summed E-state index contributed by atoms with van der Waals surface area (Å²) in [5, 5.41) is 3.08. The minimum Gasteiger partial charge on any atom is -0.347 e. The van der Waals surface area contributed by atoms with Crippen molar-refractivity contribution in [3.05, 3.63) is 35.9 Å². The van der Waals surface area contributed by atoms with Crippen molar-refractivity contribution in [2.45, 2.75) is 44.8 Å². The third-order valence-corrected chi connectivity index (χ3v) is 5.53. The second kappa shape index (κ2) is 8.19. The Kier molecular flexibility index (Phi) is 5.97. The summed E-state index contributed by atoms with van der Waals surface area (Å²) >= 11 is 0. The number of urea groups is 1. The molecule has 0 radical (unpaired) electrons. The Bertz CT molecular complexity index is 557. The zero-order valence-electron chi connectivity index (χ0n) is 15.4. The van der Waals surface area contributed by atoms with E-state index in [4.69, 9.17) is 9.47 Å². The molecule has 0 aromatic heterocycles. The lowest BCUT2D eigenvalue weighted by atomic mass is 9.90. The van der Waals surface area contributed by atoms with Gasteiger partial charge in [0.05, 0.1) is 13.2 Å². The number of nitrogens with zero attached hydrogens (tertiary/aromatic N) is 1. The van der Waals surface area contributed by atoms with Crippen LogP contribution in [0.4, 0.5) is 4.79 Å². The molecule has 0 spiro atoms. The highest BCUT2D eigenvalue weighted by atomic mass is 16.7. The lowest BCUT2D eigenvalue weighted by molar-refractivity contribution is -0.189. The van der Waals surface area contributed by atoms with Crippen LogP contribution in [0.2, 0.25) is 0 Å². The summed E-state index contributed by atoms with van der Waals surface area (Å²) < 4.78 is 11.6. The SMILES string of the molecule is CC(CCNC(=O)N1CCCC(C2(C)OCCO2)C1)c1ccccc1. The van der Waals surface area contributed by atoms with E-state index in [0.717, 1.165) is 25.8 Å². The molecule has 138 valence electrons. The average molecular weight is 346 g/mol. The van der Waals surface area contributed by atoms with E-state index >= 15 is 0 Å². The molecule has 25 heavy (non-hydrogen) atoms. The van der Waals surface area contributed by atoms with E-state index in [0.29, 0.717) is 32.2 Å². The van der Waals surface area contributed by atoms with Gasteiger partial charge in [0.15, 0.2) is 5.79 Å². The van der Waals surface area contributed by atoms with Gasteiger partial charge in [0.2, 0.25) is 0 Å². The van der Waals surface area contributed by atoms with Gasteiger partial charge in [-0.05, 0) is 37.7 Å². The van der Waals surface area contributed by atoms with E-state index in [-0.39, 0.29) is 11.9 Å². The molecular weight excluding hydrogens is 316 g/mol. The second-order valence-corrected chi connectivity index (χ2v) is 7.33. The van der Waals surface area contributed by atoms with E-state index in [9.17, 15) is 4.79 Å². The van der Waals surface area contributed by atoms with Crippen LogP contribution in [-0.4, -0.2) is 49.6 Å². The molecule has 2 amide bonds. The lowest BCUT2D eigenvalue weighted by Crippen LogP contribution is -2.51. The third kappa shape index (κ3) is 4.53. The molecule has 0 saturated carbocycles. The van der Waals surface area contributed by atoms with Gasteiger partial charge in [0.1, 0.15) is 0 Å². The molecule has 1 N–H and O–H groups in total. The largest absolute Gasteiger partial charge is 0.347 e. The molecule has 2 heterocycles. The molecule has 2 saturated heterocycles. The van der Waals surface area contributed by atoms with Crippen LogP contribution >= 0.6 is 0 Å². The Morgan fingerprint density at radius 2 is 2.04 bits per heavy atom. The topological polar surface area (TPSA) is 50.8 Å². The van der Waals surface area contributed by atoms with Gasteiger partial charge in [-0.25, -0.2) is 4.79 Å². The molecule has 5 nitrogen and oxygen atoms in total. The van der Waals surface area contributed by atoms with E-state index in [1.807, 2.05) is 17.9 Å². The van der Waals surface area contributed by atoms with Crippen LogP contribution in [0.15, 0.2) is 30.3 Å². The van der Waals surface area contributed by atoms with Gasteiger partial charge in [-0.2, -0.15) is 0 Å². The Morgan fingerprint density at radius 1 is 1.32 bits per heavy atom. The highest BCUT2D eigenvalue weighted by molar-refractivity contribution is 5.74. The van der Waals surface area contributed by atoms with Crippen molar-refractivity contribution in [1.82, 2.24) is 10.2 Å². The fourth-order valence-electron chi connectivity index (χ4n) is 3.81. The molecule has 2 fully saturated rings. The summed E-state index contributed by atoms with van der Waals surface area (Å²) in [7, 11) is 0. The predicted molar refractivity (Wildman–Crippen MR) is 97.5 cm³/mol. The molecular formula is C20H30N2O3. The number of hydrogen-bond donors (Lipinski definition) is 1. The maximum atomic E-state index is 12.5. The first-order chi connectivity index (χ1) is 12.1. The molecule has 5 heteroatoms. The molecule has 2 aliphatic heterocycles. The van der Waals surface area contributed by atoms with Crippen LogP contribution in [0.1, 0.15) is 44.6 Å². The number of hydrogen-bond acceptors (Lipinski definition) is 3. The van der Waals surface area contributed by atoms with Crippen molar-refractivity contribution in [1.29, 1.82) is 0 Å². The number of amides is 2. The van der Waals surface area contributed by atoms with Crippen LogP contribution in [0.25, 0.3) is 0 Å². The summed E-state index contributed by atoms with van der Waals surface area (Å²) in [5.41, 5.74) is 1.32. The van der Waals surface area contributed by atoms with Gasteiger partial charge in [-0.1, -0.05) is 37.3 Å². The fraction of sp³-hybridized carbons (Fsp3) is 0.650. The first-order valence-corrected chi connectivity index (χ1v) is 9.44. The number of rotatable bonds is 5. The van der Waals surface area contributed by atoms with Crippen molar-refractivity contribution in [3.63, 3.8) is 0 Å². The predicted octanol–water partition coefficient (Wildman–Crippen LogP) is 3.36. The van der Waals surface area contributed by atoms with Gasteiger partial charge < -0.3 is 19.7 Å². The summed E-state index contributed by atoms with van der Waals surface area (Å²) in [6.07, 6.45) is 2.99. The molecule has 1 aromatic rings. The van der Waals surface area contributed by atoms with Gasteiger partial charge in [0, 0.05) is 25.6 Å². The van der Waals surface area contributed by atoms with Crippen LogP contribution < -0.4 is 5.32 Å². The second-order valence-electron chi connectivity index (χ2n) is 7.33. The van der Waals surface area contributed by atoms with Crippen LogP contribution in [-0.2, 0) is 9.47 Å². The number of ether oxygens (including phenoxy) is 2. The lowest BCUT2D eigenvalue weighted by Gasteiger charge is -2.39. The minimum absolute atomic E-state index is 0.0339. The van der Waals surface area contributed by atoms with Gasteiger partial charge in [0.25, 0.3) is 0 Å². The zero-order chi connectivity index (χ0) is 17.7. The fourth-order valence-corrected chi connectivity index (χ4v) is 3.81. The van der Waals surface area contributed by atoms with Crippen molar-refractivity contribution in [2.75, 3.05) is 32.8 Å². The number of carbonyl (C=O) groups excluding carboxylic acids is 1. The number of piperidine rings is 1. The molecule has 2 unspecified atom stereocenters. The van der Waals surface area contributed by atoms with Crippen molar-refractivity contribution in [2.24, 2.45) is 5.92 Å². The van der Waals surface area contributed by atoms with Crippen molar-refractivity contribution in [3.8, 4) is 0 Å². The summed E-state index contributed by atoms with van der Waals surface area (Å²) in [6, 6.07) is 10.5. The highest BCUT2D eigenvalue weighted by Crippen LogP contribution is 2.34. The molecule has 2 atom stereocenters.